The lowest BCUT2D eigenvalue weighted by atomic mass is 10.1. The maximum Gasteiger partial charge on any atom is 0.338 e. The Morgan fingerprint density at radius 2 is 1.19 bits per heavy atom. The molecule has 2 rings (SSSR count). The lowest BCUT2D eigenvalue weighted by Crippen LogP contribution is -2.07. The van der Waals surface area contributed by atoms with Crippen molar-refractivity contribution in [1.29, 1.82) is 0 Å². The van der Waals surface area contributed by atoms with Gasteiger partial charge in [0.1, 0.15) is 18.1 Å². The first kappa shape index (κ1) is 35.6. The molecule has 0 spiro atoms. The highest BCUT2D eigenvalue weighted by Crippen LogP contribution is 2.25. The van der Waals surface area contributed by atoms with Crippen LogP contribution in [-0.4, -0.2) is 25.2 Å². The summed E-state index contributed by atoms with van der Waals surface area (Å²) in [4.78, 5) is 22.5. The standard InChI is InChI=1S/C25H26O5.C3H8.2C2H6/c1-4-24(26)29-18-8-6-5-7-17-28-22-13-9-20(10-14-22)21-11-15-23(16-12-21)30-25(27)19(2)3;1-3-2;2*1-2/h9-16H,2,4,7-8,17-18H2,1,3H3;3H2,1-2H3;2*1-2H3. The van der Waals surface area contributed by atoms with Gasteiger partial charge in [0.05, 0.1) is 6.61 Å². The predicted molar refractivity (Wildman–Crippen MR) is 155 cm³/mol. The summed E-state index contributed by atoms with van der Waals surface area (Å²) in [7, 11) is 0. The lowest BCUT2D eigenvalue weighted by molar-refractivity contribution is -0.143. The highest BCUT2D eigenvalue weighted by molar-refractivity contribution is 5.88. The van der Waals surface area contributed by atoms with Crippen molar-refractivity contribution in [2.75, 3.05) is 13.2 Å². The number of hydrogen-bond acceptors (Lipinski definition) is 5. The molecule has 0 N–H and O–H groups in total. The highest BCUT2D eigenvalue weighted by atomic mass is 16.5. The van der Waals surface area contributed by atoms with Crippen molar-refractivity contribution in [3.63, 3.8) is 0 Å². The third-order valence-corrected chi connectivity index (χ3v) is 4.00. The van der Waals surface area contributed by atoms with Crippen molar-refractivity contribution < 1.29 is 23.8 Å². The average Bonchev–Trinajstić information content (AvgIpc) is 2.93. The van der Waals surface area contributed by atoms with Gasteiger partial charge in [0.25, 0.3) is 0 Å². The summed E-state index contributed by atoms with van der Waals surface area (Å²) in [6.45, 7) is 20.0. The molecule has 0 aromatic heterocycles. The summed E-state index contributed by atoms with van der Waals surface area (Å²) in [5, 5.41) is 0. The summed E-state index contributed by atoms with van der Waals surface area (Å²) in [6.07, 6.45) is 2.77. The first-order valence-electron chi connectivity index (χ1n) is 13.2. The summed E-state index contributed by atoms with van der Waals surface area (Å²) in [6, 6.07) is 15.0. The van der Waals surface area contributed by atoms with Crippen LogP contribution in [0.5, 0.6) is 11.5 Å². The van der Waals surface area contributed by atoms with E-state index in [0.29, 0.717) is 43.8 Å². The van der Waals surface area contributed by atoms with Gasteiger partial charge < -0.3 is 14.2 Å². The number of carbonyl (C=O) groups excluding carboxylic acids is 2. The molecule has 5 heteroatoms. The SMILES string of the molecule is C=C(C)C(=O)Oc1ccc(-c2ccc(OCCC#CCCOC(=O)CC)cc2)cc1.CC.CC.CCC. The quantitative estimate of drug-likeness (QED) is 0.111. The smallest absolute Gasteiger partial charge is 0.338 e. The molecular weight excluding hydrogens is 464 g/mol. The minimum absolute atomic E-state index is 0.203. The third-order valence-electron chi connectivity index (χ3n) is 4.00. The van der Waals surface area contributed by atoms with E-state index in [1.807, 2.05) is 64.1 Å². The molecule has 0 saturated heterocycles. The average molecular weight is 511 g/mol. The molecule has 0 unspecified atom stereocenters. The van der Waals surface area contributed by atoms with Gasteiger partial charge in [-0.1, -0.05) is 97.6 Å². The van der Waals surface area contributed by atoms with Crippen molar-refractivity contribution in [3.8, 4) is 34.5 Å². The number of ether oxygens (including phenoxy) is 3. The van der Waals surface area contributed by atoms with Crippen molar-refractivity contribution in [1.82, 2.24) is 0 Å². The molecule has 0 bridgehead atoms. The van der Waals surface area contributed by atoms with Crippen LogP contribution >= 0.6 is 0 Å². The second-order valence-electron chi connectivity index (χ2n) is 7.20. The Morgan fingerprint density at radius 3 is 1.62 bits per heavy atom. The Kier molecular flexibility index (Phi) is 23.3. The van der Waals surface area contributed by atoms with Crippen molar-refractivity contribution in [2.24, 2.45) is 0 Å². The van der Waals surface area contributed by atoms with E-state index in [2.05, 4.69) is 32.3 Å². The zero-order chi connectivity index (χ0) is 28.5. The van der Waals surface area contributed by atoms with Gasteiger partial charge in [-0.3, -0.25) is 4.79 Å². The van der Waals surface area contributed by atoms with Crippen molar-refractivity contribution in [2.45, 2.75) is 81.1 Å². The first-order chi connectivity index (χ1) is 17.9. The van der Waals surface area contributed by atoms with E-state index in [-0.39, 0.29) is 5.97 Å². The molecule has 37 heavy (non-hydrogen) atoms. The van der Waals surface area contributed by atoms with Gasteiger partial charge in [-0.2, -0.15) is 0 Å². The fourth-order valence-corrected chi connectivity index (χ4v) is 2.37. The van der Waals surface area contributed by atoms with Crippen molar-refractivity contribution >= 4 is 11.9 Å². The van der Waals surface area contributed by atoms with E-state index in [1.165, 1.54) is 6.42 Å². The van der Waals surface area contributed by atoms with E-state index in [1.54, 1.807) is 26.0 Å². The molecule has 0 amide bonds. The van der Waals surface area contributed by atoms with Crippen LogP contribution in [0.3, 0.4) is 0 Å². The van der Waals surface area contributed by atoms with Crippen LogP contribution in [0.15, 0.2) is 60.7 Å². The van der Waals surface area contributed by atoms with E-state index >= 15 is 0 Å². The van der Waals surface area contributed by atoms with Crippen LogP contribution in [0.4, 0.5) is 0 Å². The molecular formula is C32H46O5. The monoisotopic (exact) mass is 510 g/mol. The van der Waals surface area contributed by atoms with Crippen LogP contribution < -0.4 is 9.47 Å². The van der Waals surface area contributed by atoms with E-state index < -0.39 is 5.97 Å². The second kappa shape index (κ2) is 24.2. The van der Waals surface area contributed by atoms with Crippen LogP contribution in [0, 0.1) is 11.8 Å². The molecule has 0 radical (unpaired) electrons. The lowest BCUT2D eigenvalue weighted by Gasteiger charge is -2.07. The van der Waals surface area contributed by atoms with Crippen LogP contribution in [-0.2, 0) is 14.3 Å². The van der Waals surface area contributed by atoms with Gasteiger partial charge in [-0.15, -0.1) is 0 Å². The molecule has 2 aromatic rings. The molecule has 204 valence electrons. The summed E-state index contributed by atoms with van der Waals surface area (Å²) < 4.78 is 15.8. The Bertz CT molecular complexity index is 932. The van der Waals surface area contributed by atoms with E-state index in [9.17, 15) is 9.59 Å². The molecule has 5 nitrogen and oxygen atoms in total. The third kappa shape index (κ3) is 17.5. The second-order valence-corrected chi connectivity index (χ2v) is 7.20. The Morgan fingerprint density at radius 1 is 0.757 bits per heavy atom. The van der Waals surface area contributed by atoms with Gasteiger partial charge in [0.2, 0.25) is 0 Å². The minimum Gasteiger partial charge on any atom is -0.493 e. The number of esters is 2. The van der Waals surface area contributed by atoms with E-state index in [0.717, 1.165) is 16.9 Å². The van der Waals surface area contributed by atoms with E-state index in [4.69, 9.17) is 14.2 Å². The zero-order valence-electron chi connectivity index (χ0n) is 24.1. The molecule has 0 aliphatic rings. The highest BCUT2D eigenvalue weighted by Gasteiger charge is 2.06. The molecule has 2 aromatic carbocycles. The maximum atomic E-state index is 11.6. The molecule has 0 aliphatic carbocycles. The van der Waals surface area contributed by atoms with Crippen LogP contribution in [0.1, 0.15) is 81.1 Å². The topological polar surface area (TPSA) is 61.8 Å². The van der Waals surface area contributed by atoms with Gasteiger partial charge in [0, 0.05) is 24.8 Å². The fourth-order valence-electron chi connectivity index (χ4n) is 2.37. The minimum atomic E-state index is -0.436. The predicted octanol–water partition coefficient (Wildman–Crippen LogP) is 8.42. The van der Waals surface area contributed by atoms with Gasteiger partial charge in [-0.05, 0) is 42.3 Å². The maximum absolute atomic E-state index is 11.6. The molecule has 0 atom stereocenters. The van der Waals surface area contributed by atoms with Crippen molar-refractivity contribution in [3.05, 3.63) is 60.7 Å². The molecule has 0 saturated carbocycles. The number of hydrogen-bond donors (Lipinski definition) is 0. The number of rotatable bonds is 9. The normalized spacial score (nSPS) is 8.76. The first-order valence-corrected chi connectivity index (χ1v) is 13.2. The summed E-state index contributed by atoms with van der Waals surface area (Å²) >= 11 is 0. The Balaban J connectivity index is 0. The number of benzene rings is 2. The van der Waals surface area contributed by atoms with Gasteiger partial charge >= 0.3 is 11.9 Å². The fraction of sp³-hybridized carbons (Fsp3) is 0.438. The Labute approximate surface area is 225 Å². The molecule has 0 fully saturated rings. The largest absolute Gasteiger partial charge is 0.493 e. The number of carbonyl (C=O) groups is 2. The van der Waals surface area contributed by atoms with Crippen LogP contribution in [0.25, 0.3) is 11.1 Å². The molecule has 0 aliphatic heterocycles. The zero-order valence-corrected chi connectivity index (χ0v) is 24.1. The summed E-state index contributed by atoms with van der Waals surface area (Å²) in [5.41, 5.74) is 2.39. The van der Waals surface area contributed by atoms with Crippen LogP contribution in [0.2, 0.25) is 0 Å². The summed E-state index contributed by atoms with van der Waals surface area (Å²) in [5.74, 6) is 6.57. The Hall–Kier alpha value is -3.52. The van der Waals surface area contributed by atoms with Gasteiger partial charge in [-0.25, -0.2) is 4.79 Å². The molecule has 0 heterocycles. The van der Waals surface area contributed by atoms with Gasteiger partial charge in [0.15, 0.2) is 0 Å².